The van der Waals surface area contributed by atoms with Gasteiger partial charge in [-0.1, -0.05) is 24.3 Å². The van der Waals surface area contributed by atoms with Crippen LogP contribution in [0, 0.1) is 23.0 Å². The van der Waals surface area contributed by atoms with E-state index in [1.54, 1.807) is 53.2 Å². The average Bonchev–Trinajstić information content (AvgIpc) is 3.02. The molecular formula is C21H14F2N2O2. The molecule has 0 aliphatic carbocycles. The van der Waals surface area contributed by atoms with Crippen molar-refractivity contribution in [3.63, 3.8) is 0 Å². The van der Waals surface area contributed by atoms with Crippen LogP contribution in [0.25, 0.3) is 17.3 Å². The van der Waals surface area contributed by atoms with Crippen molar-refractivity contribution >= 4 is 12.0 Å². The Balaban J connectivity index is 2.11. The van der Waals surface area contributed by atoms with Gasteiger partial charge < -0.3 is 9.67 Å². The summed E-state index contributed by atoms with van der Waals surface area (Å²) in [6.07, 6.45) is 2.82. The van der Waals surface area contributed by atoms with Crippen LogP contribution in [0.2, 0.25) is 0 Å². The molecule has 3 aromatic rings. The standard InChI is InChI=1S/C21H14F2N2O2/c22-17-5-3-4-14(9-17)12-25-13-15(8-16(11-24)21(26)27)10-20(25)18-6-1-2-7-19(18)23/h1-10,13H,12H2,(H,26,27)/b16-8+. The third-order valence-corrected chi connectivity index (χ3v) is 3.97. The molecule has 0 unspecified atom stereocenters. The molecule has 2 aromatic carbocycles. The summed E-state index contributed by atoms with van der Waals surface area (Å²) >= 11 is 0. The number of carboxylic acid groups (broad SMARTS) is 1. The van der Waals surface area contributed by atoms with E-state index in [0.29, 0.717) is 22.4 Å². The number of carboxylic acids is 1. The molecule has 1 heterocycles. The summed E-state index contributed by atoms with van der Waals surface area (Å²) in [7, 11) is 0. The van der Waals surface area contributed by atoms with Gasteiger partial charge in [0.05, 0.1) is 5.69 Å². The minimum absolute atomic E-state index is 0.254. The number of halogens is 2. The Morgan fingerprint density at radius 3 is 2.59 bits per heavy atom. The zero-order valence-electron chi connectivity index (χ0n) is 14.1. The first kappa shape index (κ1) is 18.1. The van der Waals surface area contributed by atoms with E-state index < -0.39 is 17.4 Å². The van der Waals surface area contributed by atoms with Crippen molar-refractivity contribution in [2.45, 2.75) is 6.54 Å². The molecule has 0 saturated carbocycles. The highest BCUT2D eigenvalue weighted by Crippen LogP contribution is 2.27. The van der Waals surface area contributed by atoms with Gasteiger partial charge in [0.25, 0.3) is 0 Å². The minimum atomic E-state index is -1.34. The van der Waals surface area contributed by atoms with Gasteiger partial charge in [-0.15, -0.1) is 0 Å². The van der Waals surface area contributed by atoms with Crippen LogP contribution in [0.5, 0.6) is 0 Å². The number of nitrogens with zero attached hydrogens (tertiary/aromatic N) is 2. The molecule has 3 rings (SSSR count). The normalized spacial score (nSPS) is 11.2. The number of hydrogen-bond acceptors (Lipinski definition) is 2. The van der Waals surface area contributed by atoms with Crippen molar-refractivity contribution in [3.05, 3.63) is 89.1 Å². The zero-order chi connectivity index (χ0) is 19.4. The lowest BCUT2D eigenvalue weighted by Gasteiger charge is -2.10. The predicted molar refractivity (Wildman–Crippen MR) is 96.6 cm³/mol. The van der Waals surface area contributed by atoms with Gasteiger partial charge in [-0.2, -0.15) is 5.26 Å². The van der Waals surface area contributed by atoms with Crippen molar-refractivity contribution in [2.24, 2.45) is 0 Å². The van der Waals surface area contributed by atoms with Crippen molar-refractivity contribution in [3.8, 4) is 17.3 Å². The summed E-state index contributed by atoms with van der Waals surface area (Å²) in [4.78, 5) is 11.1. The molecule has 1 N–H and O–H groups in total. The topological polar surface area (TPSA) is 66.0 Å². The van der Waals surface area contributed by atoms with Crippen LogP contribution in [0.3, 0.4) is 0 Å². The van der Waals surface area contributed by atoms with E-state index in [4.69, 9.17) is 10.4 Å². The second-order valence-corrected chi connectivity index (χ2v) is 5.87. The number of carbonyl (C=O) groups is 1. The predicted octanol–water partition coefficient (Wildman–Crippen LogP) is 4.47. The second kappa shape index (κ2) is 7.67. The Kier molecular flexibility index (Phi) is 5.13. The van der Waals surface area contributed by atoms with Crippen molar-refractivity contribution in [1.82, 2.24) is 4.57 Å². The molecular weight excluding hydrogens is 350 g/mol. The molecule has 0 aliphatic heterocycles. The minimum Gasteiger partial charge on any atom is -0.477 e. The summed E-state index contributed by atoms with van der Waals surface area (Å²) in [5, 5.41) is 18.0. The van der Waals surface area contributed by atoms with E-state index in [2.05, 4.69) is 0 Å². The largest absolute Gasteiger partial charge is 0.477 e. The van der Waals surface area contributed by atoms with E-state index in [1.165, 1.54) is 24.3 Å². The lowest BCUT2D eigenvalue weighted by Crippen LogP contribution is -2.01. The Morgan fingerprint density at radius 2 is 1.93 bits per heavy atom. The fourth-order valence-electron chi connectivity index (χ4n) is 2.78. The maximum Gasteiger partial charge on any atom is 0.346 e. The number of aliphatic carboxylic acids is 1. The maximum atomic E-state index is 14.3. The maximum absolute atomic E-state index is 14.3. The molecule has 0 radical (unpaired) electrons. The van der Waals surface area contributed by atoms with Crippen molar-refractivity contribution < 1.29 is 18.7 Å². The number of benzene rings is 2. The summed E-state index contributed by atoms with van der Waals surface area (Å²) in [5.74, 6) is -2.17. The van der Waals surface area contributed by atoms with Gasteiger partial charge in [0.2, 0.25) is 0 Å². The highest BCUT2D eigenvalue weighted by Gasteiger charge is 2.14. The van der Waals surface area contributed by atoms with E-state index >= 15 is 0 Å². The molecule has 27 heavy (non-hydrogen) atoms. The molecule has 0 fully saturated rings. The van der Waals surface area contributed by atoms with Gasteiger partial charge in [0, 0.05) is 18.3 Å². The van der Waals surface area contributed by atoms with Crippen molar-refractivity contribution in [1.29, 1.82) is 5.26 Å². The van der Waals surface area contributed by atoms with E-state index in [9.17, 15) is 13.6 Å². The lowest BCUT2D eigenvalue weighted by atomic mass is 10.1. The first-order valence-corrected chi connectivity index (χ1v) is 8.02. The Labute approximate surface area is 154 Å². The summed E-state index contributed by atoms with van der Waals surface area (Å²) in [6, 6.07) is 15.4. The van der Waals surface area contributed by atoms with Crippen LogP contribution in [0.1, 0.15) is 11.1 Å². The number of hydrogen-bond donors (Lipinski definition) is 1. The summed E-state index contributed by atoms with van der Waals surface area (Å²) < 4.78 is 29.5. The van der Waals surface area contributed by atoms with Crippen molar-refractivity contribution in [2.75, 3.05) is 0 Å². The zero-order valence-corrected chi connectivity index (χ0v) is 14.1. The molecule has 1 aromatic heterocycles. The van der Waals surface area contributed by atoms with Crippen LogP contribution < -0.4 is 0 Å². The van der Waals surface area contributed by atoms with Gasteiger partial charge >= 0.3 is 5.97 Å². The molecule has 0 aliphatic rings. The second-order valence-electron chi connectivity index (χ2n) is 5.87. The number of nitriles is 1. The van der Waals surface area contributed by atoms with Crippen LogP contribution in [-0.2, 0) is 11.3 Å². The van der Waals surface area contributed by atoms with Gasteiger partial charge in [-0.25, -0.2) is 13.6 Å². The highest BCUT2D eigenvalue weighted by atomic mass is 19.1. The summed E-state index contributed by atoms with van der Waals surface area (Å²) in [6.45, 7) is 0.254. The third kappa shape index (κ3) is 4.10. The molecule has 0 spiro atoms. The van der Waals surface area contributed by atoms with Crippen LogP contribution in [0.4, 0.5) is 8.78 Å². The van der Waals surface area contributed by atoms with Crippen LogP contribution in [-0.4, -0.2) is 15.6 Å². The first-order chi connectivity index (χ1) is 13.0. The molecule has 0 saturated heterocycles. The van der Waals surface area contributed by atoms with Gasteiger partial charge in [-0.05, 0) is 47.5 Å². The number of aromatic nitrogens is 1. The lowest BCUT2D eigenvalue weighted by molar-refractivity contribution is -0.132. The third-order valence-electron chi connectivity index (χ3n) is 3.97. The molecule has 4 nitrogen and oxygen atoms in total. The van der Waals surface area contributed by atoms with Gasteiger partial charge in [-0.3, -0.25) is 0 Å². The van der Waals surface area contributed by atoms with Gasteiger partial charge in [0.15, 0.2) is 0 Å². The fourth-order valence-corrected chi connectivity index (χ4v) is 2.78. The van der Waals surface area contributed by atoms with Gasteiger partial charge in [0.1, 0.15) is 23.3 Å². The average molecular weight is 364 g/mol. The van der Waals surface area contributed by atoms with Crippen LogP contribution in [0.15, 0.2) is 66.4 Å². The Bertz CT molecular complexity index is 1080. The van der Waals surface area contributed by atoms with E-state index in [0.717, 1.165) is 0 Å². The smallest absolute Gasteiger partial charge is 0.346 e. The highest BCUT2D eigenvalue weighted by molar-refractivity contribution is 5.96. The SMILES string of the molecule is N#C/C(=C\c1cc(-c2ccccc2F)n(Cc2cccc(F)c2)c1)C(=O)O. The first-order valence-electron chi connectivity index (χ1n) is 8.02. The van der Waals surface area contributed by atoms with E-state index in [-0.39, 0.29) is 12.4 Å². The quantitative estimate of drug-likeness (QED) is 0.536. The molecule has 134 valence electrons. The molecule has 0 bridgehead atoms. The molecule has 6 heteroatoms. The summed E-state index contributed by atoms with van der Waals surface area (Å²) in [5.41, 5.74) is 1.48. The monoisotopic (exact) mass is 364 g/mol. The number of rotatable bonds is 5. The Hall–Kier alpha value is -3.72. The molecule has 0 amide bonds. The Morgan fingerprint density at radius 1 is 1.15 bits per heavy atom. The van der Waals surface area contributed by atoms with Crippen LogP contribution >= 0.6 is 0 Å². The van der Waals surface area contributed by atoms with E-state index in [1.807, 2.05) is 0 Å². The fraction of sp³-hybridized carbons (Fsp3) is 0.0476. The molecule has 0 atom stereocenters.